The number of ether oxygens (including phenoxy) is 2. The van der Waals surface area contributed by atoms with Crippen LogP contribution in [0.15, 0.2) is 28.6 Å². The summed E-state index contributed by atoms with van der Waals surface area (Å²) in [4.78, 5) is 11.0. The second-order valence-corrected chi connectivity index (χ2v) is 6.47. The quantitative estimate of drug-likeness (QED) is 0.410. The topological polar surface area (TPSA) is 59.0 Å². The van der Waals surface area contributed by atoms with Crippen molar-refractivity contribution in [2.45, 2.75) is 26.4 Å². The molecule has 2 aromatic rings. The Balaban J connectivity index is 0.00000225. The number of halogens is 1. The highest BCUT2D eigenvalue weighted by Gasteiger charge is 2.14. The molecule has 1 aromatic carbocycles. The second kappa shape index (κ2) is 9.23. The van der Waals surface area contributed by atoms with Gasteiger partial charge in [-0.1, -0.05) is 13.0 Å². The molecule has 0 spiro atoms. The summed E-state index contributed by atoms with van der Waals surface area (Å²) in [6.07, 6.45) is 0.976. The van der Waals surface area contributed by atoms with Gasteiger partial charge in [0.15, 0.2) is 17.5 Å². The Bertz CT molecular complexity index is 735. The molecule has 0 amide bonds. The molecule has 8 heteroatoms. The monoisotopic (exact) mass is 474 g/mol. The lowest BCUT2D eigenvalue weighted by Gasteiger charge is -2.22. The van der Waals surface area contributed by atoms with Crippen LogP contribution >= 0.6 is 35.3 Å². The molecule has 1 aliphatic rings. The SMILES string of the molecule is CCc1nc(CNC(=NC)N(C)Cc2ccc3c(c2)OCO3)cs1.I. The van der Waals surface area contributed by atoms with Crippen molar-refractivity contribution in [3.8, 4) is 11.5 Å². The smallest absolute Gasteiger partial charge is 0.231 e. The molecule has 1 aromatic heterocycles. The molecule has 2 heterocycles. The van der Waals surface area contributed by atoms with Crippen LogP contribution in [0, 0.1) is 0 Å². The van der Waals surface area contributed by atoms with Crippen LogP contribution in [-0.2, 0) is 19.5 Å². The standard InChI is InChI=1S/C17H22N4O2S.HI/c1-4-16-20-13(10-24-16)8-19-17(18-2)21(3)9-12-5-6-14-15(7-12)23-11-22-14;/h5-7,10H,4,8-9,11H2,1-3H3,(H,18,19);1H. The zero-order valence-electron chi connectivity index (χ0n) is 14.6. The van der Waals surface area contributed by atoms with Crippen LogP contribution in [0.4, 0.5) is 0 Å². The summed E-state index contributed by atoms with van der Waals surface area (Å²) < 4.78 is 10.8. The van der Waals surface area contributed by atoms with Crippen molar-refractivity contribution in [3.05, 3.63) is 39.8 Å². The number of aliphatic imine (C=N–C) groups is 1. The first-order valence-corrected chi connectivity index (χ1v) is 8.81. The maximum absolute atomic E-state index is 5.43. The van der Waals surface area contributed by atoms with Crippen LogP contribution in [0.25, 0.3) is 0 Å². The van der Waals surface area contributed by atoms with Gasteiger partial charge in [0.2, 0.25) is 6.79 Å². The van der Waals surface area contributed by atoms with E-state index in [1.807, 2.05) is 25.2 Å². The molecule has 6 nitrogen and oxygen atoms in total. The van der Waals surface area contributed by atoms with Gasteiger partial charge in [0.25, 0.3) is 0 Å². The zero-order chi connectivity index (χ0) is 16.9. The molecular formula is C17H23IN4O2S. The maximum Gasteiger partial charge on any atom is 0.231 e. The number of hydrogen-bond donors (Lipinski definition) is 1. The lowest BCUT2D eigenvalue weighted by atomic mass is 10.2. The van der Waals surface area contributed by atoms with E-state index in [2.05, 4.69) is 32.5 Å². The lowest BCUT2D eigenvalue weighted by Crippen LogP contribution is -2.38. The van der Waals surface area contributed by atoms with E-state index in [-0.39, 0.29) is 24.0 Å². The van der Waals surface area contributed by atoms with Gasteiger partial charge in [-0.3, -0.25) is 4.99 Å². The van der Waals surface area contributed by atoms with E-state index >= 15 is 0 Å². The Morgan fingerprint density at radius 1 is 1.36 bits per heavy atom. The second-order valence-electron chi connectivity index (χ2n) is 5.53. The summed E-state index contributed by atoms with van der Waals surface area (Å²) in [5.74, 6) is 2.44. The van der Waals surface area contributed by atoms with Gasteiger partial charge < -0.3 is 19.7 Å². The van der Waals surface area contributed by atoms with E-state index in [4.69, 9.17) is 9.47 Å². The minimum atomic E-state index is 0. The molecule has 0 unspecified atom stereocenters. The summed E-state index contributed by atoms with van der Waals surface area (Å²) in [6, 6.07) is 6.01. The Kier molecular flexibility index (Phi) is 7.30. The molecule has 0 fully saturated rings. The first kappa shape index (κ1) is 19.8. The molecule has 0 atom stereocenters. The summed E-state index contributed by atoms with van der Waals surface area (Å²) in [5, 5.41) is 6.62. The summed E-state index contributed by atoms with van der Waals surface area (Å²) in [6.45, 7) is 3.82. The van der Waals surface area contributed by atoms with Crippen LogP contribution in [0.1, 0.15) is 23.2 Å². The van der Waals surface area contributed by atoms with Crippen LogP contribution in [-0.4, -0.2) is 36.7 Å². The van der Waals surface area contributed by atoms with Gasteiger partial charge in [-0.15, -0.1) is 35.3 Å². The first-order valence-electron chi connectivity index (χ1n) is 7.93. The average molecular weight is 474 g/mol. The lowest BCUT2D eigenvalue weighted by molar-refractivity contribution is 0.174. The molecule has 0 bridgehead atoms. The number of nitrogens with zero attached hydrogens (tertiary/aromatic N) is 3. The van der Waals surface area contributed by atoms with Crippen molar-refractivity contribution in [2.24, 2.45) is 4.99 Å². The predicted octanol–water partition coefficient (Wildman–Crippen LogP) is 3.26. The fourth-order valence-corrected chi connectivity index (χ4v) is 3.28. The largest absolute Gasteiger partial charge is 0.454 e. The minimum absolute atomic E-state index is 0. The summed E-state index contributed by atoms with van der Waals surface area (Å²) in [5.41, 5.74) is 2.20. The van der Waals surface area contributed by atoms with Crippen molar-refractivity contribution >= 4 is 41.3 Å². The highest BCUT2D eigenvalue weighted by Crippen LogP contribution is 2.32. The number of aryl methyl sites for hydroxylation is 1. The van der Waals surface area contributed by atoms with E-state index in [0.717, 1.165) is 46.7 Å². The van der Waals surface area contributed by atoms with Crippen molar-refractivity contribution in [1.82, 2.24) is 15.2 Å². The molecule has 1 N–H and O–H groups in total. The van der Waals surface area contributed by atoms with E-state index < -0.39 is 0 Å². The highest BCUT2D eigenvalue weighted by molar-refractivity contribution is 14.0. The third-order valence-electron chi connectivity index (χ3n) is 3.76. The van der Waals surface area contributed by atoms with Gasteiger partial charge in [-0.05, 0) is 24.1 Å². The van der Waals surface area contributed by atoms with Crippen LogP contribution in [0.2, 0.25) is 0 Å². The summed E-state index contributed by atoms with van der Waals surface area (Å²) in [7, 11) is 3.80. The molecule has 3 rings (SSSR count). The molecule has 0 saturated carbocycles. The average Bonchev–Trinajstić information content (AvgIpc) is 3.23. The Morgan fingerprint density at radius 2 is 2.16 bits per heavy atom. The van der Waals surface area contributed by atoms with Gasteiger partial charge in [0, 0.05) is 26.0 Å². The number of guanidine groups is 1. The van der Waals surface area contributed by atoms with Crippen LogP contribution in [0.5, 0.6) is 11.5 Å². The molecule has 0 saturated heterocycles. The Morgan fingerprint density at radius 3 is 2.88 bits per heavy atom. The number of hydrogen-bond acceptors (Lipinski definition) is 5. The molecule has 25 heavy (non-hydrogen) atoms. The van der Waals surface area contributed by atoms with Gasteiger partial charge in [-0.2, -0.15) is 0 Å². The minimum Gasteiger partial charge on any atom is -0.454 e. The van der Waals surface area contributed by atoms with E-state index in [0.29, 0.717) is 13.3 Å². The summed E-state index contributed by atoms with van der Waals surface area (Å²) >= 11 is 1.70. The molecule has 1 aliphatic heterocycles. The molecule has 0 aliphatic carbocycles. The van der Waals surface area contributed by atoms with Gasteiger partial charge in [-0.25, -0.2) is 4.98 Å². The third kappa shape index (κ3) is 4.97. The van der Waals surface area contributed by atoms with Gasteiger partial charge in [0.1, 0.15) is 0 Å². The fraction of sp³-hybridized carbons (Fsp3) is 0.412. The van der Waals surface area contributed by atoms with Crippen LogP contribution < -0.4 is 14.8 Å². The van der Waals surface area contributed by atoms with Crippen molar-refractivity contribution < 1.29 is 9.47 Å². The van der Waals surface area contributed by atoms with Crippen molar-refractivity contribution in [2.75, 3.05) is 20.9 Å². The number of benzene rings is 1. The fourth-order valence-electron chi connectivity index (χ4n) is 2.53. The van der Waals surface area contributed by atoms with E-state index in [1.54, 1.807) is 18.4 Å². The normalized spacial score (nSPS) is 12.7. The highest BCUT2D eigenvalue weighted by atomic mass is 127. The Labute approximate surface area is 169 Å². The van der Waals surface area contributed by atoms with Crippen LogP contribution in [0.3, 0.4) is 0 Å². The molecule has 0 radical (unpaired) electrons. The third-order valence-corrected chi connectivity index (χ3v) is 4.80. The van der Waals surface area contributed by atoms with Crippen molar-refractivity contribution in [1.29, 1.82) is 0 Å². The van der Waals surface area contributed by atoms with E-state index in [1.165, 1.54) is 0 Å². The number of rotatable bonds is 5. The number of nitrogens with one attached hydrogen (secondary N) is 1. The van der Waals surface area contributed by atoms with E-state index in [9.17, 15) is 0 Å². The van der Waals surface area contributed by atoms with Gasteiger partial charge in [0.05, 0.1) is 17.2 Å². The predicted molar refractivity (Wildman–Crippen MR) is 111 cm³/mol. The zero-order valence-corrected chi connectivity index (χ0v) is 17.8. The first-order chi connectivity index (χ1) is 11.7. The van der Waals surface area contributed by atoms with Gasteiger partial charge >= 0.3 is 0 Å². The maximum atomic E-state index is 5.43. The number of fused-ring (bicyclic) bond motifs is 1. The number of aromatic nitrogens is 1. The molecular weight excluding hydrogens is 451 g/mol. The van der Waals surface area contributed by atoms with Crippen molar-refractivity contribution in [3.63, 3.8) is 0 Å². The Hall–Kier alpha value is -1.55. The number of thiazole rings is 1. The molecule has 136 valence electrons.